The quantitative estimate of drug-likeness (QED) is 0.255. The van der Waals surface area contributed by atoms with Gasteiger partial charge in [-0.1, -0.05) is 0 Å². The molecule has 3 rings (SSSR count). The average molecular weight is 576 g/mol. The number of hydrogen-bond donors (Lipinski definition) is 5. The van der Waals surface area contributed by atoms with Crippen molar-refractivity contribution < 1.29 is 53.8 Å². The fourth-order valence-electron chi connectivity index (χ4n) is 3.37. The van der Waals surface area contributed by atoms with Gasteiger partial charge in [0.25, 0.3) is 0 Å². The van der Waals surface area contributed by atoms with Gasteiger partial charge in [-0.05, 0) is 29.8 Å². The Bertz CT molecular complexity index is 1150. The van der Waals surface area contributed by atoms with Crippen molar-refractivity contribution in [1.29, 1.82) is 0 Å². The summed E-state index contributed by atoms with van der Waals surface area (Å²) in [6.45, 7) is 5.17. The van der Waals surface area contributed by atoms with Gasteiger partial charge in [0.15, 0.2) is 11.5 Å². The third-order valence-corrected chi connectivity index (χ3v) is 5.14. The first-order valence-electron chi connectivity index (χ1n) is 12.0. The van der Waals surface area contributed by atoms with Gasteiger partial charge in [-0.2, -0.15) is 0 Å². The maximum Gasteiger partial charge on any atom is 0.328 e. The standard InChI is InChI=1S/C19H25N3O3.2C4H4O4/c1-23-17-11-15(12-18(24-2)19(17)25-3)16-10-14(4-5-21-16)13-22-8-6-20-7-9-22;2*5-3(6)1-2-4(7)8/h4-5,10-12,20H,6-9,13H2,1-3H3;2*1-2H,(H,5,6)(H,7,8)/b;2*2-1+. The predicted molar refractivity (Wildman–Crippen MR) is 146 cm³/mol. The molecule has 0 spiro atoms. The van der Waals surface area contributed by atoms with E-state index in [1.165, 1.54) is 5.56 Å². The number of methoxy groups -OCH3 is 3. The van der Waals surface area contributed by atoms with Crippen LogP contribution >= 0.6 is 0 Å². The van der Waals surface area contributed by atoms with Crippen molar-refractivity contribution in [3.05, 3.63) is 60.3 Å². The predicted octanol–water partition coefficient (Wildman–Crippen LogP) is 1.60. The third-order valence-electron chi connectivity index (χ3n) is 5.14. The van der Waals surface area contributed by atoms with Crippen LogP contribution in [-0.4, -0.2) is 102 Å². The van der Waals surface area contributed by atoms with Crippen LogP contribution in [0.4, 0.5) is 0 Å². The lowest BCUT2D eigenvalue weighted by atomic mass is 10.1. The van der Waals surface area contributed by atoms with Gasteiger partial charge in [0.1, 0.15) is 0 Å². The Morgan fingerprint density at radius 2 is 1.27 bits per heavy atom. The van der Waals surface area contributed by atoms with Crippen LogP contribution < -0.4 is 19.5 Å². The van der Waals surface area contributed by atoms with Crippen LogP contribution in [0.3, 0.4) is 0 Å². The number of carboxylic acid groups (broad SMARTS) is 4. The molecule has 0 amide bonds. The van der Waals surface area contributed by atoms with E-state index in [9.17, 15) is 19.2 Å². The zero-order valence-electron chi connectivity index (χ0n) is 22.8. The van der Waals surface area contributed by atoms with Crippen LogP contribution in [0.15, 0.2) is 54.8 Å². The summed E-state index contributed by atoms with van der Waals surface area (Å²) in [7, 11) is 4.84. The van der Waals surface area contributed by atoms with Gasteiger partial charge in [0, 0.05) is 68.8 Å². The Morgan fingerprint density at radius 1 is 0.805 bits per heavy atom. The van der Waals surface area contributed by atoms with Crippen LogP contribution in [0.2, 0.25) is 0 Å². The third kappa shape index (κ3) is 13.6. The summed E-state index contributed by atoms with van der Waals surface area (Å²) in [6.07, 6.45) is 4.09. The molecule has 1 aliphatic rings. The summed E-state index contributed by atoms with van der Waals surface area (Å²) in [5.41, 5.74) is 3.09. The van der Waals surface area contributed by atoms with Gasteiger partial charge < -0.3 is 40.0 Å². The van der Waals surface area contributed by atoms with Gasteiger partial charge >= 0.3 is 23.9 Å². The zero-order chi connectivity index (χ0) is 30.8. The summed E-state index contributed by atoms with van der Waals surface area (Å²) < 4.78 is 16.3. The highest BCUT2D eigenvalue weighted by atomic mass is 16.5. The molecule has 5 N–H and O–H groups in total. The molecule has 1 saturated heterocycles. The number of nitrogens with one attached hydrogen (secondary N) is 1. The number of carbonyl (C=O) groups is 4. The molecule has 0 radical (unpaired) electrons. The second-order valence-corrected chi connectivity index (χ2v) is 8.01. The molecule has 2 heterocycles. The molecule has 1 aliphatic heterocycles. The fourth-order valence-corrected chi connectivity index (χ4v) is 3.37. The SMILES string of the molecule is COc1cc(-c2cc(CN3CCNCC3)ccn2)cc(OC)c1OC.O=C(O)/C=C/C(=O)O.O=C(O)/C=C/C(=O)O. The highest BCUT2D eigenvalue weighted by Gasteiger charge is 2.16. The first-order chi connectivity index (χ1) is 19.5. The lowest BCUT2D eigenvalue weighted by molar-refractivity contribution is -0.134. The van der Waals surface area contributed by atoms with Crippen molar-refractivity contribution in [2.24, 2.45) is 0 Å². The maximum absolute atomic E-state index is 9.55. The number of rotatable bonds is 10. The van der Waals surface area contributed by atoms with Crippen molar-refractivity contribution >= 4 is 23.9 Å². The fraction of sp³-hybridized carbons (Fsp3) is 0.296. The molecular formula is C27H33N3O11. The van der Waals surface area contributed by atoms with Gasteiger partial charge in [0.2, 0.25) is 5.75 Å². The van der Waals surface area contributed by atoms with Crippen molar-refractivity contribution in [2.45, 2.75) is 6.54 Å². The van der Waals surface area contributed by atoms with Gasteiger partial charge in [0.05, 0.1) is 27.0 Å². The van der Waals surface area contributed by atoms with E-state index in [0.29, 0.717) is 41.6 Å². The number of aromatic nitrogens is 1. The second kappa shape index (κ2) is 18.4. The largest absolute Gasteiger partial charge is 0.493 e. The Morgan fingerprint density at radius 3 is 1.66 bits per heavy atom. The van der Waals surface area contributed by atoms with Crippen LogP contribution in [0.5, 0.6) is 17.2 Å². The van der Waals surface area contributed by atoms with E-state index in [1.807, 2.05) is 18.3 Å². The van der Waals surface area contributed by atoms with Crippen LogP contribution in [-0.2, 0) is 25.7 Å². The molecule has 222 valence electrons. The van der Waals surface area contributed by atoms with E-state index < -0.39 is 23.9 Å². The maximum atomic E-state index is 9.55. The summed E-state index contributed by atoms with van der Waals surface area (Å²) in [5.74, 6) is -3.18. The van der Waals surface area contributed by atoms with Crippen LogP contribution in [0.1, 0.15) is 5.56 Å². The van der Waals surface area contributed by atoms with E-state index in [0.717, 1.165) is 44.0 Å². The molecule has 0 saturated carbocycles. The van der Waals surface area contributed by atoms with E-state index >= 15 is 0 Å². The summed E-state index contributed by atoms with van der Waals surface area (Å²) >= 11 is 0. The molecule has 41 heavy (non-hydrogen) atoms. The number of hydrogen-bond acceptors (Lipinski definition) is 10. The molecule has 1 aromatic heterocycles. The Balaban J connectivity index is 0.000000433. The summed E-state index contributed by atoms with van der Waals surface area (Å²) in [5, 5.41) is 34.6. The number of piperazine rings is 1. The molecule has 2 aromatic rings. The lowest BCUT2D eigenvalue weighted by Crippen LogP contribution is -2.42. The van der Waals surface area contributed by atoms with Crippen LogP contribution in [0, 0.1) is 0 Å². The van der Waals surface area contributed by atoms with E-state index in [2.05, 4.69) is 27.3 Å². The molecule has 0 aliphatic carbocycles. The Kier molecular flexibility index (Phi) is 15.3. The number of carboxylic acids is 4. The smallest absolute Gasteiger partial charge is 0.328 e. The van der Waals surface area contributed by atoms with Gasteiger partial charge in [-0.15, -0.1) is 0 Å². The molecular weight excluding hydrogens is 542 g/mol. The van der Waals surface area contributed by atoms with Crippen molar-refractivity contribution in [1.82, 2.24) is 15.2 Å². The molecule has 0 atom stereocenters. The average Bonchev–Trinajstić information content (AvgIpc) is 2.95. The number of pyridine rings is 1. The van der Waals surface area contributed by atoms with Crippen molar-refractivity contribution in [3.8, 4) is 28.5 Å². The highest BCUT2D eigenvalue weighted by molar-refractivity contribution is 5.90. The molecule has 1 aromatic carbocycles. The van der Waals surface area contributed by atoms with E-state index in [-0.39, 0.29) is 0 Å². The van der Waals surface area contributed by atoms with Gasteiger partial charge in [-0.3, -0.25) is 9.88 Å². The molecule has 0 bridgehead atoms. The number of nitrogens with zero attached hydrogens (tertiary/aromatic N) is 2. The molecule has 1 fully saturated rings. The summed E-state index contributed by atoms with van der Waals surface area (Å²) in [6, 6.07) is 8.06. The minimum Gasteiger partial charge on any atom is -0.493 e. The Labute approximate surface area is 236 Å². The molecule has 14 heteroatoms. The molecule has 14 nitrogen and oxygen atoms in total. The Hall–Kier alpha value is -4.95. The number of aliphatic carboxylic acids is 4. The topological polar surface area (TPSA) is 205 Å². The van der Waals surface area contributed by atoms with Crippen molar-refractivity contribution in [2.75, 3.05) is 47.5 Å². The normalized spacial score (nSPS) is 12.9. The monoisotopic (exact) mass is 575 g/mol. The first kappa shape index (κ1) is 34.1. The minimum atomic E-state index is -1.26. The van der Waals surface area contributed by atoms with Crippen molar-refractivity contribution in [3.63, 3.8) is 0 Å². The summed E-state index contributed by atoms with van der Waals surface area (Å²) in [4.78, 5) is 45.2. The minimum absolute atomic E-state index is 0.558. The second-order valence-electron chi connectivity index (χ2n) is 8.01. The highest BCUT2D eigenvalue weighted by Crippen LogP contribution is 2.40. The van der Waals surface area contributed by atoms with E-state index in [1.54, 1.807) is 21.3 Å². The number of ether oxygens (including phenoxy) is 3. The molecule has 0 unspecified atom stereocenters. The van der Waals surface area contributed by atoms with Gasteiger partial charge in [-0.25, -0.2) is 19.2 Å². The first-order valence-corrected chi connectivity index (χ1v) is 12.0. The van der Waals surface area contributed by atoms with E-state index in [4.69, 9.17) is 34.6 Å². The zero-order valence-corrected chi connectivity index (χ0v) is 22.8. The van der Waals surface area contributed by atoms with Crippen LogP contribution in [0.25, 0.3) is 11.3 Å². The number of benzene rings is 1. The lowest BCUT2D eigenvalue weighted by Gasteiger charge is -2.27.